The van der Waals surface area contributed by atoms with Crippen molar-refractivity contribution in [2.45, 2.75) is 34.2 Å². The maximum atomic E-state index is 4.70. The van der Waals surface area contributed by atoms with Crippen molar-refractivity contribution in [2.24, 2.45) is 4.99 Å². The zero-order chi connectivity index (χ0) is 22.1. The van der Waals surface area contributed by atoms with Crippen LogP contribution in [0.5, 0.6) is 0 Å². The minimum Gasteiger partial charge on any atom is -0.341 e. The topological polar surface area (TPSA) is 17.3 Å². The van der Waals surface area contributed by atoms with Crippen LogP contribution in [0.4, 0.5) is 0 Å². The first-order chi connectivity index (χ1) is 14.9. The monoisotopic (exact) mass is 406 g/mol. The van der Waals surface area contributed by atoms with Gasteiger partial charge >= 0.3 is 0 Å². The maximum absolute atomic E-state index is 4.70. The summed E-state index contributed by atoms with van der Waals surface area (Å²) in [5, 5.41) is 2.53. The molecule has 3 aromatic carbocycles. The second-order valence-electron chi connectivity index (χ2n) is 8.36. The number of nitrogens with zero attached hydrogens (tertiary/aromatic N) is 2. The second kappa shape index (κ2) is 8.39. The van der Waals surface area contributed by atoms with E-state index in [1.807, 2.05) is 6.92 Å². The summed E-state index contributed by atoms with van der Waals surface area (Å²) in [6.07, 6.45) is 0. The Morgan fingerprint density at radius 3 is 2.10 bits per heavy atom. The fourth-order valence-corrected chi connectivity index (χ4v) is 4.27. The fourth-order valence-electron chi connectivity index (χ4n) is 4.27. The quantitative estimate of drug-likeness (QED) is 0.232. The fraction of sp³-hybridized carbons (Fsp3) is 0.207. The number of rotatable bonds is 6. The highest BCUT2D eigenvalue weighted by molar-refractivity contribution is 6.12. The maximum Gasteiger partial charge on any atom is 0.0597 e. The average Bonchev–Trinajstić information content (AvgIpc) is 3.09. The molecule has 0 atom stereocenters. The molecular formula is C29H30N2. The molecule has 0 fully saturated rings. The first-order valence-corrected chi connectivity index (χ1v) is 10.9. The van der Waals surface area contributed by atoms with Gasteiger partial charge in [0.05, 0.1) is 6.54 Å². The van der Waals surface area contributed by atoms with Crippen molar-refractivity contribution in [1.29, 1.82) is 0 Å². The number of aromatic nitrogens is 1. The second-order valence-corrected chi connectivity index (χ2v) is 8.36. The molecule has 0 saturated carbocycles. The van der Waals surface area contributed by atoms with Gasteiger partial charge in [-0.05, 0) is 79.8 Å². The van der Waals surface area contributed by atoms with E-state index in [1.165, 1.54) is 32.9 Å². The Morgan fingerprint density at radius 1 is 0.871 bits per heavy atom. The average molecular weight is 407 g/mol. The third-order valence-corrected chi connectivity index (χ3v) is 6.00. The van der Waals surface area contributed by atoms with Gasteiger partial charge in [0.25, 0.3) is 0 Å². The summed E-state index contributed by atoms with van der Waals surface area (Å²) in [6, 6.07) is 21.9. The Hall–Kier alpha value is -3.39. The van der Waals surface area contributed by atoms with Gasteiger partial charge in [0.15, 0.2) is 0 Å². The van der Waals surface area contributed by atoms with E-state index in [9.17, 15) is 0 Å². The van der Waals surface area contributed by atoms with E-state index in [1.54, 1.807) is 0 Å². The molecule has 0 amide bonds. The van der Waals surface area contributed by atoms with E-state index in [0.29, 0.717) is 6.54 Å². The SMILES string of the molecule is C=C(C)CN=C(C)c1ccc2c(c1)c1cc(C(=C)c3ccccc3C)ccc1n2CC. The predicted octanol–water partition coefficient (Wildman–Crippen LogP) is 7.57. The molecule has 0 spiro atoms. The predicted molar refractivity (Wildman–Crippen MR) is 136 cm³/mol. The van der Waals surface area contributed by atoms with Crippen LogP contribution < -0.4 is 0 Å². The molecule has 156 valence electrons. The molecule has 0 bridgehead atoms. The van der Waals surface area contributed by atoms with E-state index < -0.39 is 0 Å². The van der Waals surface area contributed by atoms with Crippen molar-refractivity contribution in [3.05, 3.63) is 102 Å². The number of hydrogen-bond acceptors (Lipinski definition) is 1. The van der Waals surface area contributed by atoms with Gasteiger partial charge in [-0.1, -0.05) is 55.1 Å². The molecule has 1 aromatic heterocycles. The summed E-state index contributed by atoms with van der Waals surface area (Å²) in [6.45, 7) is 18.4. The van der Waals surface area contributed by atoms with E-state index in [-0.39, 0.29) is 0 Å². The van der Waals surface area contributed by atoms with Crippen LogP contribution in [-0.4, -0.2) is 16.8 Å². The van der Waals surface area contributed by atoms with Gasteiger partial charge in [-0.25, -0.2) is 0 Å². The largest absolute Gasteiger partial charge is 0.341 e. The van der Waals surface area contributed by atoms with Gasteiger partial charge < -0.3 is 4.57 Å². The van der Waals surface area contributed by atoms with Gasteiger partial charge in [-0.3, -0.25) is 4.99 Å². The molecule has 4 rings (SSSR count). The number of aliphatic imine (C=N–C) groups is 1. The third-order valence-electron chi connectivity index (χ3n) is 6.00. The summed E-state index contributed by atoms with van der Waals surface area (Å²) in [4.78, 5) is 4.70. The molecule has 0 N–H and O–H groups in total. The van der Waals surface area contributed by atoms with Crippen molar-refractivity contribution in [1.82, 2.24) is 4.57 Å². The summed E-state index contributed by atoms with van der Waals surface area (Å²) >= 11 is 0. The van der Waals surface area contributed by atoms with Crippen molar-refractivity contribution in [3.63, 3.8) is 0 Å². The summed E-state index contributed by atoms with van der Waals surface area (Å²) in [7, 11) is 0. The number of aryl methyl sites for hydroxylation is 2. The minimum absolute atomic E-state index is 0.668. The van der Waals surface area contributed by atoms with Crippen molar-refractivity contribution in [3.8, 4) is 0 Å². The smallest absolute Gasteiger partial charge is 0.0597 e. The molecule has 0 saturated heterocycles. The Kier molecular flexibility index (Phi) is 5.65. The number of benzene rings is 3. The van der Waals surface area contributed by atoms with Crippen molar-refractivity contribution >= 4 is 33.1 Å². The van der Waals surface area contributed by atoms with E-state index in [4.69, 9.17) is 4.99 Å². The lowest BCUT2D eigenvalue weighted by Crippen LogP contribution is -1.97. The van der Waals surface area contributed by atoms with Crippen LogP contribution in [0.1, 0.15) is 43.0 Å². The van der Waals surface area contributed by atoms with Gasteiger partial charge in [-0.2, -0.15) is 0 Å². The highest BCUT2D eigenvalue weighted by Gasteiger charge is 2.13. The van der Waals surface area contributed by atoms with Crippen molar-refractivity contribution < 1.29 is 0 Å². The number of hydrogen-bond donors (Lipinski definition) is 0. The van der Waals surface area contributed by atoms with Crippen molar-refractivity contribution in [2.75, 3.05) is 6.54 Å². The molecule has 2 nitrogen and oxygen atoms in total. The van der Waals surface area contributed by atoms with Gasteiger partial charge in [0.1, 0.15) is 0 Å². The Labute approximate surface area is 185 Å². The normalized spacial score (nSPS) is 11.9. The lowest BCUT2D eigenvalue weighted by molar-refractivity contribution is 0.827. The zero-order valence-electron chi connectivity index (χ0n) is 19.0. The van der Waals surface area contributed by atoms with Gasteiger partial charge in [-0.15, -0.1) is 0 Å². The van der Waals surface area contributed by atoms with Crippen LogP contribution in [0.25, 0.3) is 27.4 Å². The summed E-state index contributed by atoms with van der Waals surface area (Å²) in [5.41, 5.74) is 10.5. The highest BCUT2D eigenvalue weighted by Crippen LogP contribution is 2.34. The highest BCUT2D eigenvalue weighted by atomic mass is 15.0. The third kappa shape index (κ3) is 3.86. The van der Waals surface area contributed by atoms with Crippen LogP contribution in [0.15, 0.2) is 84.4 Å². The lowest BCUT2D eigenvalue weighted by Gasteiger charge is -2.10. The Morgan fingerprint density at radius 2 is 1.48 bits per heavy atom. The van der Waals surface area contributed by atoms with Crippen LogP contribution in [-0.2, 0) is 6.54 Å². The van der Waals surface area contributed by atoms with Crippen LogP contribution >= 0.6 is 0 Å². The van der Waals surface area contributed by atoms with Gasteiger partial charge in [0, 0.05) is 34.1 Å². The summed E-state index contributed by atoms with van der Waals surface area (Å²) < 4.78 is 2.38. The Bertz CT molecular complexity index is 1350. The van der Waals surface area contributed by atoms with Crippen LogP contribution in [0, 0.1) is 6.92 Å². The Balaban J connectivity index is 1.89. The van der Waals surface area contributed by atoms with E-state index in [2.05, 4.69) is 99.2 Å². The lowest BCUT2D eigenvalue weighted by atomic mass is 9.94. The molecule has 0 aliphatic rings. The molecular weight excluding hydrogens is 376 g/mol. The standard InChI is InChI=1S/C29H30N2/c1-7-31-28-14-12-23(21(5)25-11-9-8-10-20(25)4)16-26(28)27-17-24(13-15-29(27)31)22(6)30-18-19(2)3/h8-17H,2,5,7,18H2,1,3-4,6H3. The molecule has 4 aromatic rings. The minimum atomic E-state index is 0.668. The summed E-state index contributed by atoms with van der Waals surface area (Å²) in [5.74, 6) is 0. The zero-order valence-corrected chi connectivity index (χ0v) is 19.0. The molecule has 0 radical (unpaired) electrons. The van der Waals surface area contributed by atoms with E-state index in [0.717, 1.165) is 34.5 Å². The van der Waals surface area contributed by atoms with Gasteiger partial charge in [0.2, 0.25) is 0 Å². The molecule has 2 heteroatoms. The number of fused-ring (bicyclic) bond motifs is 3. The van der Waals surface area contributed by atoms with Crippen LogP contribution in [0.3, 0.4) is 0 Å². The molecule has 0 aliphatic carbocycles. The first-order valence-electron chi connectivity index (χ1n) is 10.9. The first kappa shape index (κ1) is 20.9. The molecule has 1 heterocycles. The molecule has 0 unspecified atom stereocenters. The van der Waals surface area contributed by atoms with Crippen LogP contribution in [0.2, 0.25) is 0 Å². The molecule has 0 aliphatic heterocycles. The van der Waals surface area contributed by atoms with E-state index >= 15 is 0 Å². The molecule has 31 heavy (non-hydrogen) atoms.